The van der Waals surface area contributed by atoms with Crippen LogP contribution in [0.15, 0.2) is 138 Å². The van der Waals surface area contributed by atoms with Crippen LogP contribution in [-0.2, 0) is 0 Å². The first-order valence-corrected chi connectivity index (χ1v) is 13.8. The Balaban J connectivity index is 1.44. The molecule has 0 amide bonds. The molecule has 0 spiro atoms. The zero-order valence-corrected chi connectivity index (χ0v) is 21.7. The van der Waals surface area contributed by atoms with Gasteiger partial charge in [-0.25, -0.2) is 4.98 Å². The molecule has 4 heteroatoms. The number of thiophene rings is 1. The van der Waals surface area contributed by atoms with Gasteiger partial charge in [0, 0.05) is 42.5 Å². The van der Waals surface area contributed by atoms with E-state index in [-0.39, 0.29) is 0 Å². The minimum absolute atomic E-state index is 0.621. The van der Waals surface area contributed by atoms with Gasteiger partial charge in [-0.3, -0.25) is 0 Å². The van der Waals surface area contributed by atoms with Gasteiger partial charge in [0.1, 0.15) is 5.52 Å². The van der Waals surface area contributed by atoms with E-state index in [0.717, 1.165) is 44.5 Å². The highest BCUT2D eigenvalue weighted by Crippen LogP contribution is 2.45. The SMILES string of the molecule is c1ccc(-c2nc3c(o2)c(N(c2ccccc2)c2ccc4sc5ccccc5c4c2)cc2ccccc23)cc1. The van der Waals surface area contributed by atoms with Crippen LogP contribution in [0.5, 0.6) is 0 Å². The van der Waals surface area contributed by atoms with E-state index >= 15 is 0 Å². The lowest BCUT2D eigenvalue weighted by Gasteiger charge is -2.26. The third-order valence-corrected chi connectivity index (χ3v) is 8.41. The summed E-state index contributed by atoms with van der Waals surface area (Å²) in [5, 5.41) is 4.74. The molecule has 0 saturated carbocycles. The summed E-state index contributed by atoms with van der Waals surface area (Å²) in [7, 11) is 0. The van der Waals surface area contributed by atoms with Gasteiger partial charge in [0.15, 0.2) is 5.58 Å². The number of nitrogens with zero attached hydrogens (tertiary/aromatic N) is 2. The molecule has 0 N–H and O–H groups in total. The predicted molar refractivity (Wildman–Crippen MR) is 165 cm³/mol. The van der Waals surface area contributed by atoms with E-state index in [4.69, 9.17) is 9.40 Å². The standard InChI is InChI=1S/C35H22N2OS/c1-3-11-23(12-4-1)35-36-33-27-16-8-7-13-24(27)21-30(34(33)38-35)37(25-14-5-2-6-15-25)26-19-20-32-29(22-26)28-17-9-10-18-31(28)39-32/h1-22H. The van der Waals surface area contributed by atoms with Gasteiger partial charge in [0.25, 0.3) is 0 Å². The Bertz CT molecular complexity index is 2130. The highest BCUT2D eigenvalue weighted by Gasteiger charge is 2.22. The van der Waals surface area contributed by atoms with Gasteiger partial charge in [0.05, 0.1) is 5.69 Å². The summed E-state index contributed by atoms with van der Waals surface area (Å²) in [6.07, 6.45) is 0. The molecule has 0 aliphatic rings. The Morgan fingerprint density at radius 2 is 1.26 bits per heavy atom. The molecule has 184 valence electrons. The van der Waals surface area contributed by atoms with E-state index in [1.807, 2.05) is 41.7 Å². The molecule has 0 aliphatic heterocycles. The fraction of sp³-hybridized carbons (Fsp3) is 0. The first-order valence-electron chi connectivity index (χ1n) is 13.0. The van der Waals surface area contributed by atoms with Gasteiger partial charge in [0.2, 0.25) is 5.89 Å². The molecular formula is C35H22N2OS. The maximum atomic E-state index is 6.61. The summed E-state index contributed by atoms with van der Waals surface area (Å²) < 4.78 is 9.19. The highest BCUT2D eigenvalue weighted by molar-refractivity contribution is 7.25. The number of hydrogen-bond donors (Lipinski definition) is 0. The number of benzene rings is 6. The van der Waals surface area contributed by atoms with Crippen molar-refractivity contribution >= 4 is 70.4 Å². The smallest absolute Gasteiger partial charge is 0.227 e. The van der Waals surface area contributed by atoms with Crippen LogP contribution in [0.25, 0.3) is 53.5 Å². The second-order valence-corrected chi connectivity index (χ2v) is 10.7. The molecular weight excluding hydrogens is 496 g/mol. The molecule has 8 rings (SSSR count). The first-order chi connectivity index (χ1) is 19.3. The molecule has 0 aliphatic carbocycles. The fourth-order valence-corrected chi connectivity index (χ4v) is 6.54. The van der Waals surface area contributed by atoms with E-state index in [2.05, 4.69) is 108 Å². The van der Waals surface area contributed by atoms with Crippen molar-refractivity contribution in [1.29, 1.82) is 0 Å². The minimum atomic E-state index is 0.621. The minimum Gasteiger partial charge on any atom is -0.434 e. The molecule has 2 heterocycles. The Labute approximate surface area is 229 Å². The van der Waals surface area contributed by atoms with Crippen molar-refractivity contribution in [1.82, 2.24) is 4.98 Å². The maximum absolute atomic E-state index is 6.61. The van der Waals surface area contributed by atoms with Crippen molar-refractivity contribution < 1.29 is 4.42 Å². The third-order valence-electron chi connectivity index (χ3n) is 7.26. The second kappa shape index (κ2) is 8.83. The van der Waals surface area contributed by atoms with E-state index < -0.39 is 0 Å². The van der Waals surface area contributed by atoms with Crippen LogP contribution < -0.4 is 4.90 Å². The zero-order chi connectivity index (χ0) is 25.8. The van der Waals surface area contributed by atoms with Gasteiger partial charge in [-0.1, -0.05) is 78.9 Å². The molecule has 3 nitrogen and oxygen atoms in total. The van der Waals surface area contributed by atoms with Crippen molar-refractivity contribution in [2.45, 2.75) is 0 Å². The first kappa shape index (κ1) is 22.1. The number of anilines is 3. The monoisotopic (exact) mass is 518 g/mol. The number of oxazole rings is 1. The van der Waals surface area contributed by atoms with Crippen LogP contribution in [0.2, 0.25) is 0 Å². The molecule has 0 fully saturated rings. The lowest BCUT2D eigenvalue weighted by molar-refractivity contribution is 0.620. The van der Waals surface area contributed by atoms with Crippen molar-refractivity contribution in [3.05, 3.63) is 133 Å². The quantitative estimate of drug-likeness (QED) is 0.232. The van der Waals surface area contributed by atoms with Crippen LogP contribution >= 0.6 is 11.3 Å². The normalized spacial score (nSPS) is 11.6. The van der Waals surface area contributed by atoms with Gasteiger partial charge < -0.3 is 9.32 Å². The summed E-state index contributed by atoms with van der Waals surface area (Å²) in [5.74, 6) is 0.621. The molecule has 39 heavy (non-hydrogen) atoms. The maximum Gasteiger partial charge on any atom is 0.227 e. The summed E-state index contributed by atoms with van der Waals surface area (Å²) in [6.45, 7) is 0. The van der Waals surface area contributed by atoms with E-state index in [1.165, 1.54) is 20.2 Å². The van der Waals surface area contributed by atoms with Crippen molar-refractivity contribution in [3.8, 4) is 11.5 Å². The number of hydrogen-bond acceptors (Lipinski definition) is 4. The second-order valence-electron chi connectivity index (χ2n) is 9.63. The topological polar surface area (TPSA) is 29.3 Å². The number of para-hydroxylation sites is 1. The fourth-order valence-electron chi connectivity index (χ4n) is 5.46. The molecule has 8 aromatic rings. The largest absolute Gasteiger partial charge is 0.434 e. The number of fused-ring (bicyclic) bond motifs is 6. The molecule has 0 bridgehead atoms. The number of aromatic nitrogens is 1. The Morgan fingerprint density at radius 3 is 2.10 bits per heavy atom. The summed E-state index contributed by atoms with van der Waals surface area (Å²) in [6, 6.07) is 46.6. The molecule has 0 radical (unpaired) electrons. The van der Waals surface area contributed by atoms with Crippen LogP contribution in [0, 0.1) is 0 Å². The average molecular weight is 519 g/mol. The van der Waals surface area contributed by atoms with Crippen LogP contribution in [0.4, 0.5) is 17.1 Å². The van der Waals surface area contributed by atoms with Gasteiger partial charge >= 0.3 is 0 Å². The van der Waals surface area contributed by atoms with Gasteiger partial charge in [-0.2, -0.15) is 0 Å². The van der Waals surface area contributed by atoms with E-state index in [1.54, 1.807) is 0 Å². The lowest BCUT2D eigenvalue weighted by Crippen LogP contribution is -2.10. The highest BCUT2D eigenvalue weighted by atomic mass is 32.1. The lowest BCUT2D eigenvalue weighted by atomic mass is 10.1. The van der Waals surface area contributed by atoms with Gasteiger partial charge in [-0.05, 0) is 60.0 Å². The Morgan fingerprint density at radius 1 is 0.564 bits per heavy atom. The molecule has 0 atom stereocenters. The van der Waals surface area contributed by atoms with Crippen LogP contribution in [-0.4, -0.2) is 4.98 Å². The van der Waals surface area contributed by atoms with E-state index in [9.17, 15) is 0 Å². The Hall–Kier alpha value is -4.93. The van der Waals surface area contributed by atoms with Crippen molar-refractivity contribution in [3.63, 3.8) is 0 Å². The van der Waals surface area contributed by atoms with Crippen molar-refractivity contribution in [2.75, 3.05) is 4.90 Å². The molecule has 6 aromatic carbocycles. The van der Waals surface area contributed by atoms with Crippen LogP contribution in [0.3, 0.4) is 0 Å². The average Bonchev–Trinajstić information content (AvgIpc) is 3.61. The van der Waals surface area contributed by atoms with Crippen molar-refractivity contribution in [2.24, 2.45) is 0 Å². The summed E-state index contributed by atoms with van der Waals surface area (Å²) in [4.78, 5) is 7.32. The molecule has 0 unspecified atom stereocenters. The number of rotatable bonds is 4. The van der Waals surface area contributed by atoms with E-state index in [0.29, 0.717) is 5.89 Å². The molecule has 0 saturated heterocycles. The summed E-state index contributed by atoms with van der Waals surface area (Å²) in [5.41, 5.74) is 5.69. The third kappa shape index (κ3) is 3.61. The predicted octanol–water partition coefficient (Wildman–Crippen LogP) is 10.5. The molecule has 2 aromatic heterocycles. The Kier molecular flexibility index (Phi) is 5.00. The summed E-state index contributed by atoms with van der Waals surface area (Å²) >= 11 is 1.83. The van der Waals surface area contributed by atoms with Crippen LogP contribution in [0.1, 0.15) is 0 Å². The zero-order valence-electron chi connectivity index (χ0n) is 20.9. The van der Waals surface area contributed by atoms with Gasteiger partial charge in [-0.15, -0.1) is 11.3 Å².